The second kappa shape index (κ2) is 16.5. The van der Waals surface area contributed by atoms with Crippen molar-refractivity contribution in [1.29, 1.82) is 0 Å². The summed E-state index contributed by atoms with van der Waals surface area (Å²) in [4.78, 5) is 4.39. The molecule has 1 fully saturated rings. The Morgan fingerprint density at radius 3 is 2.06 bits per heavy atom. The molecule has 3 aromatic carbocycles. The summed E-state index contributed by atoms with van der Waals surface area (Å²) in [5, 5.41) is 11.9. The summed E-state index contributed by atoms with van der Waals surface area (Å²) in [6, 6.07) is 14.3. The molecule has 0 spiro atoms. The van der Waals surface area contributed by atoms with Gasteiger partial charge in [-0.15, -0.1) is 5.10 Å². The Labute approximate surface area is 307 Å². The van der Waals surface area contributed by atoms with Gasteiger partial charge in [-0.05, 0) is 84.0 Å². The van der Waals surface area contributed by atoms with E-state index in [1.807, 2.05) is 42.2 Å². The molecule has 1 aliphatic rings. The van der Waals surface area contributed by atoms with Gasteiger partial charge in [0.05, 0.1) is 31.4 Å². The molecular formula is C38H41F9N6O. The van der Waals surface area contributed by atoms with Gasteiger partial charge in [0, 0.05) is 37.8 Å². The van der Waals surface area contributed by atoms with Crippen LogP contribution in [0.4, 0.5) is 45.5 Å². The number of nitrogens with zero attached hydrogens (tertiary/aromatic N) is 6. The van der Waals surface area contributed by atoms with E-state index in [4.69, 9.17) is 4.74 Å². The van der Waals surface area contributed by atoms with E-state index in [2.05, 4.69) is 15.4 Å². The highest BCUT2D eigenvalue weighted by Gasteiger charge is 2.39. The smallest absolute Gasteiger partial charge is 0.373 e. The van der Waals surface area contributed by atoms with Crippen molar-refractivity contribution < 1.29 is 44.3 Å². The highest BCUT2D eigenvalue weighted by Crippen LogP contribution is 2.40. The molecule has 2 heterocycles. The monoisotopic (exact) mass is 768 g/mol. The van der Waals surface area contributed by atoms with Gasteiger partial charge in [0.15, 0.2) is 0 Å². The van der Waals surface area contributed by atoms with Gasteiger partial charge in [-0.3, -0.25) is 4.90 Å². The van der Waals surface area contributed by atoms with E-state index in [1.165, 1.54) is 37.1 Å². The van der Waals surface area contributed by atoms with E-state index in [0.29, 0.717) is 42.8 Å². The zero-order valence-electron chi connectivity index (χ0n) is 29.9. The highest BCUT2D eigenvalue weighted by molar-refractivity contribution is 5.43. The first-order valence-corrected chi connectivity index (χ1v) is 17.4. The van der Waals surface area contributed by atoms with Crippen molar-refractivity contribution in [3.05, 3.63) is 118 Å². The standard InChI is InChI=1S/C38H41F9N6O/c1-4-13-36(40,41)29-11-12-32(33(5-2)52-16-14-35(39,15-17-52)25-54-24-26-9-7-6-8-10-26)28(20-29)23-53(34-48-50-51(3)49-34)22-27-18-30(37(42,43)44)21-31(19-27)38(45,46)47/h4,6-13,18-21,33H,5,14-17,22-25H2,1-3H3/b13-4+. The van der Waals surface area contributed by atoms with Crippen molar-refractivity contribution in [2.75, 3.05) is 24.6 Å². The number of aromatic nitrogens is 4. The summed E-state index contributed by atoms with van der Waals surface area (Å²) in [7, 11) is 1.42. The molecule has 0 radical (unpaired) electrons. The van der Waals surface area contributed by atoms with Crippen LogP contribution in [-0.4, -0.2) is 50.5 Å². The summed E-state index contributed by atoms with van der Waals surface area (Å²) < 4.78 is 135. The summed E-state index contributed by atoms with van der Waals surface area (Å²) in [5.41, 5.74) is -3.52. The fraction of sp³-hybridized carbons (Fsp3) is 0.447. The Kier molecular flexibility index (Phi) is 12.5. The maximum atomic E-state index is 15.9. The van der Waals surface area contributed by atoms with Crippen LogP contribution in [0.25, 0.3) is 0 Å². The van der Waals surface area contributed by atoms with Gasteiger partial charge in [0.1, 0.15) is 5.67 Å². The van der Waals surface area contributed by atoms with Crippen LogP contribution in [0, 0.1) is 0 Å². The number of benzene rings is 3. The Morgan fingerprint density at radius 1 is 0.852 bits per heavy atom. The molecule has 1 aliphatic heterocycles. The second-order valence-corrected chi connectivity index (χ2v) is 13.5. The SMILES string of the molecule is C/C=C/C(F)(F)c1ccc(C(CC)N2CCC(F)(COCc3ccccc3)CC2)c(CN(Cc2cc(C(F)(F)F)cc(C(F)(F)F)c2)c2nnn(C)n2)c1. The van der Waals surface area contributed by atoms with Crippen LogP contribution in [-0.2, 0) is 49.8 Å². The summed E-state index contributed by atoms with van der Waals surface area (Å²) in [6.45, 7) is 3.29. The third kappa shape index (κ3) is 10.2. The topological polar surface area (TPSA) is 59.3 Å². The number of likely N-dealkylation sites (tertiary alicyclic amines) is 1. The molecule has 1 unspecified atom stereocenters. The fourth-order valence-corrected chi connectivity index (χ4v) is 6.70. The largest absolute Gasteiger partial charge is 0.416 e. The predicted molar refractivity (Wildman–Crippen MR) is 184 cm³/mol. The molecule has 1 saturated heterocycles. The zero-order chi connectivity index (χ0) is 39.3. The number of allylic oxidation sites excluding steroid dienone is 2. The number of ether oxygens (including phenoxy) is 1. The average molecular weight is 769 g/mol. The van der Waals surface area contributed by atoms with E-state index < -0.39 is 47.7 Å². The van der Waals surface area contributed by atoms with Crippen LogP contribution in [0.5, 0.6) is 0 Å². The Balaban J connectivity index is 1.48. The van der Waals surface area contributed by atoms with E-state index in [1.54, 1.807) is 6.07 Å². The number of alkyl halides is 9. The lowest BCUT2D eigenvalue weighted by molar-refractivity contribution is -0.143. The van der Waals surface area contributed by atoms with Crippen molar-refractivity contribution in [1.82, 2.24) is 25.1 Å². The van der Waals surface area contributed by atoms with Gasteiger partial charge < -0.3 is 9.64 Å². The molecule has 4 aromatic rings. The van der Waals surface area contributed by atoms with Crippen molar-refractivity contribution in [2.45, 2.75) is 82.8 Å². The lowest BCUT2D eigenvalue weighted by Crippen LogP contribution is -2.45. The quantitative estimate of drug-likeness (QED) is 0.0942. The predicted octanol–water partition coefficient (Wildman–Crippen LogP) is 9.59. The molecule has 0 bridgehead atoms. The van der Waals surface area contributed by atoms with Gasteiger partial charge in [0.25, 0.3) is 11.9 Å². The number of aryl methyl sites for hydroxylation is 1. The molecule has 292 valence electrons. The second-order valence-electron chi connectivity index (χ2n) is 13.5. The minimum absolute atomic E-state index is 0.0330. The normalized spacial score (nSPS) is 16.2. The van der Waals surface area contributed by atoms with Gasteiger partial charge in [-0.25, -0.2) is 4.39 Å². The molecule has 1 aromatic heterocycles. The molecule has 54 heavy (non-hydrogen) atoms. The summed E-state index contributed by atoms with van der Waals surface area (Å²) in [5.74, 6) is -3.55. The number of piperidine rings is 1. The Hall–Kier alpha value is -4.44. The minimum Gasteiger partial charge on any atom is -0.373 e. The van der Waals surface area contributed by atoms with Crippen LogP contribution < -0.4 is 4.90 Å². The van der Waals surface area contributed by atoms with E-state index in [-0.39, 0.29) is 55.7 Å². The van der Waals surface area contributed by atoms with Crippen molar-refractivity contribution in [2.24, 2.45) is 7.05 Å². The maximum absolute atomic E-state index is 15.9. The number of rotatable bonds is 14. The first kappa shape index (κ1) is 40.7. The molecule has 0 amide bonds. The lowest BCUT2D eigenvalue weighted by Gasteiger charge is -2.41. The van der Waals surface area contributed by atoms with E-state index in [9.17, 15) is 26.3 Å². The summed E-state index contributed by atoms with van der Waals surface area (Å²) >= 11 is 0. The molecule has 0 aliphatic carbocycles. The fourth-order valence-electron chi connectivity index (χ4n) is 6.70. The summed E-state index contributed by atoms with van der Waals surface area (Å²) in [6.07, 6.45) is -7.47. The number of tetrazole rings is 1. The molecule has 7 nitrogen and oxygen atoms in total. The third-order valence-electron chi connectivity index (χ3n) is 9.42. The molecule has 0 N–H and O–H groups in total. The molecular weight excluding hydrogens is 727 g/mol. The molecule has 0 saturated carbocycles. The first-order chi connectivity index (χ1) is 25.4. The average Bonchev–Trinajstić information content (AvgIpc) is 3.55. The molecule has 16 heteroatoms. The number of halogens is 9. The van der Waals surface area contributed by atoms with Crippen LogP contribution in [0.1, 0.15) is 78.1 Å². The van der Waals surface area contributed by atoms with Gasteiger partial charge >= 0.3 is 12.4 Å². The van der Waals surface area contributed by atoms with Crippen molar-refractivity contribution in [3.8, 4) is 0 Å². The highest BCUT2D eigenvalue weighted by atomic mass is 19.4. The first-order valence-electron chi connectivity index (χ1n) is 17.4. The van der Waals surface area contributed by atoms with Gasteiger partial charge in [-0.2, -0.15) is 39.9 Å². The molecule has 5 rings (SSSR count). The van der Waals surface area contributed by atoms with Crippen molar-refractivity contribution >= 4 is 5.95 Å². The lowest BCUT2D eigenvalue weighted by atomic mass is 9.89. The minimum atomic E-state index is -5.08. The zero-order valence-corrected chi connectivity index (χ0v) is 29.9. The Bertz CT molecular complexity index is 1840. The van der Waals surface area contributed by atoms with Crippen LogP contribution in [0.2, 0.25) is 0 Å². The number of hydrogen-bond acceptors (Lipinski definition) is 6. The van der Waals surface area contributed by atoms with Crippen LogP contribution in [0.3, 0.4) is 0 Å². The van der Waals surface area contributed by atoms with Gasteiger partial charge in [0.2, 0.25) is 0 Å². The molecule has 1 atom stereocenters. The third-order valence-corrected chi connectivity index (χ3v) is 9.42. The van der Waals surface area contributed by atoms with Crippen molar-refractivity contribution in [3.63, 3.8) is 0 Å². The Morgan fingerprint density at radius 2 is 1.50 bits per heavy atom. The number of anilines is 1. The number of hydrogen-bond donors (Lipinski definition) is 0. The van der Waals surface area contributed by atoms with Gasteiger partial charge in [-0.1, -0.05) is 60.6 Å². The van der Waals surface area contributed by atoms with Crippen LogP contribution >= 0.6 is 0 Å². The maximum Gasteiger partial charge on any atom is 0.416 e. The van der Waals surface area contributed by atoms with E-state index >= 15 is 13.2 Å². The van der Waals surface area contributed by atoms with Crippen LogP contribution in [0.15, 0.2) is 78.9 Å². The van der Waals surface area contributed by atoms with E-state index in [0.717, 1.165) is 16.4 Å².